The number of amides is 1. The predicted molar refractivity (Wildman–Crippen MR) is 96.9 cm³/mol. The van der Waals surface area contributed by atoms with Crippen LogP contribution in [0.15, 0.2) is 23.1 Å². The van der Waals surface area contributed by atoms with Gasteiger partial charge in [0, 0.05) is 31.7 Å². The van der Waals surface area contributed by atoms with Crippen LogP contribution in [0.3, 0.4) is 0 Å². The van der Waals surface area contributed by atoms with E-state index in [2.05, 4.69) is 0 Å². The Hall–Kier alpha value is -1.44. The lowest BCUT2D eigenvalue weighted by Crippen LogP contribution is -2.36. The molecule has 2 heterocycles. The summed E-state index contributed by atoms with van der Waals surface area (Å²) in [5.41, 5.74) is 6.82. The van der Waals surface area contributed by atoms with E-state index in [1.807, 2.05) is 0 Å². The van der Waals surface area contributed by atoms with Crippen molar-refractivity contribution >= 4 is 15.9 Å². The molecule has 0 aliphatic carbocycles. The molecule has 1 amide bonds. The lowest BCUT2D eigenvalue weighted by Gasteiger charge is -2.27. The first-order valence-electron chi connectivity index (χ1n) is 9.03. The molecule has 138 valence electrons. The van der Waals surface area contributed by atoms with Crippen molar-refractivity contribution in [1.82, 2.24) is 9.21 Å². The molecule has 0 spiro atoms. The fourth-order valence-electron chi connectivity index (χ4n) is 3.65. The number of aryl methyl sites for hydroxylation is 1. The molecule has 0 bridgehead atoms. The number of likely N-dealkylation sites (tertiary alicyclic amines) is 1. The van der Waals surface area contributed by atoms with Gasteiger partial charge in [0.05, 0.1) is 4.90 Å². The summed E-state index contributed by atoms with van der Waals surface area (Å²) in [7, 11) is -3.55. The maximum Gasteiger partial charge on any atom is 0.253 e. The van der Waals surface area contributed by atoms with Crippen LogP contribution in [0.25, 0.3) is 0 Å². The van der Waals surface area contributed by atoms with Gasteiger partial charge in [-0.25, -0.2) is 8.42 Å². The third-order valence-corrected chi connectivity index (χ3v) is 7.31. The van der Waals surface area contributed by atoms with E-state index in [0.717, 1.165) is 25.7 Å². The van der Waals surface area contributed by atoms with Gasteiger partial charge >= 0.3 is 0 Å². The Bertz CT molecular complexity index is 742. The first kappa shape index (κ1) is 18.4. The second-order valence-electron chi connectivity index (χ2n) is 7.09. The van der Waals surface area contributed by atoms with Crippen molar-refractivity contribution in [3.05, 3.63) is 29.3 Å². The van der Waals surface area contributed by atoms with Crippen LogP contribution in [0.4, 0.5) is 0 Å². The van der Waals surface area contributed by atoms with Gasteiger partial charge in [-0.3, -0.25) is 4.79 Å². The predicted octanol–water partition coefficient (Wildman–Crippen LogP) is 1.59. The fourth-order valence-corrected chi connectivity index (χ4v) is 5.42. The maximum absolute atomic E-state index is 13.0. The highest BCUT2D eigenvalue weighted by Crippen LogP contribution is 2.26. The molecule has 2 saturated heterocycles. The number of benzene rings is 1. The zero-order valence-corrected chi connectivity index (χ0v) is 15.6. The van der Waals surface area contributed by atoms with E-state index >= 15 is 0 Å². The Morgan fingerprint density at radius 1 is 1.20 bits per heavy atom. The highest BCUT2D eigenvalue weighted by Gasteiger charge is 2.30. The SMILES string of the molecule is Cc1ccc(C(=O)N2CCC(CN)C2)cc1S(=O)(=O)N1CCCCC1. The highest BCUT2D eigenvalue weighted by molar-refractivity contribution is 7.89. The summed E-state index contributed by atoms with van der Waals surface area (Å²) in [6.07, 6.45) is 3.77. The van der Waals surface area contributed by atoms with E-state index < -0.39 is 10.0 Å². The molecular formula is C18H27N3O3S. The fraction of sp³-hybridized carbons (Fsp3) is 0.611. The number of nitrogens with two attached hydrogens (primary N) is 1. The van der Waals surface area contributed by atoms with E-state index in [9.17, 15) is 13.2 Å². The molecule has 25 heavy (non-hydrogen) atoms. The van der Waals surface area contributed by atoms with Crippen LogP contribution in [-0.4, -0.2) is 56.3 Å². The zero-order valence-electron chi connectivity index (χ0n) is 14.8. The van der Waals surface area contributed by atoms with Gasteiger partial charge in [0.1, 0.15) is 0 Å². The minimum atomic E-state index is -3.55. The Morgan fingerprint density at radius 3 is 2.56 bits per heavy atom. The molecule has 2 aliphatic rings. The van der Waals surface area contributed by atoms with Gasteiger partial charge in [0.25, 0.3) is 5.91 Å². The lowest BCUT2D eigenvalue weighted by molar-refractivity contribution is 0.0787. The number of hydrogen-bond donors (Lipinski definition) is 1. The number of rotatable bonds is 4. The summed E-state index contributed by atoms with van der Waals surface area (Å²) in [5.74, 6) is 0.233. The molecule has 2 aliphatic heterocycles. The highest BCUT2D eigenvalue weighted by atomic mass is 32.2. The van der Waals surface area contributed by atoms with Crippen LogP contribution in [-0.2, 0) is 10.0 Å². The molecule has 1 unspecified atom stereocenters. The van der Waals surface area contributed by atoms with Crippen molar-refractivity contribution < 1.29 is 13.2 Å². The molecule has 1 aromatic carbocycles. The van der Waals surface area contributed by atoms with Crippen molar-refractivity contribution in [3.63, 3.8) is 0 Å². The van der Waals surface area contributed by atoms with Crippen molar-refractivity contribution in [2.45, 2.75) is 37.5 Å². The van der Waals surface area contributed by atoms with Gasteiger partial charge in [-0.05, 0) is 56.3 Å². The van der Waals surface area contributed by atoms with Gasteiger partial charge in [0.2, 0.25) is 10.0 Å². The number of carbonyl (C=O) groups excluding carboxylic acids is 1. The monoisotopic (exact) mass is 365 g/mol. The van der Waals surface area contributed by atoms with Gasteiger partial charge < -0.3 is 10.6 Å². The smallest absolute Gasteiger partial charge is 0.253 e. The Morgan fingerprint density at radius 2 is 1.92 bits per heavy atom. The van der Waals surface area contributed by atoms with Crippen molar-refractivity contribution in [1.29, 1.82) is 0 Å². The summed E-state index contributed by atoms with van der Waals surface area (Å²) in [5, 5.41) is 0. The quantitative estimate of drug-likeness (QED) is 0.878. The second-order valence-corrected chi connectivity index (χ2v) is 8.99. The van der Waals surface area contributed by atoms with Gasteiger partial charge in [-0.1, -0.05) is 12.5 Å². The molecule has 3 rings (SSSR count). The van der Waals surface area contributed by atoms with E-state index in [1.165, 1.54) is 0 Å². The van der Waals surface area contributed by atoms with E-state index in [1.54, 1.807) is 34.3 Å². The van der Waals surface area contributed by atoms with Crippen LogP contribution in [0, 0.1) is 12.8 Å². The average Bonchev–Trinajstić information content (AvgIpc) is 3.11. The summed E-state index contributed by atoms with van der Waals surface area (Å²) in [6.45, 7) is 4.81. The van der Waals surface area contributed by atoms with Crippen LogP contribution < -0.4 is 5.73 Å². The maximum atomic E-state index is 13.0. The van der Waals surface area contributed by atoms with E-state index in [-0.39, 0.29) is 10.8 Å². The number of sulfonamides is 1. The summed E-state index contributed by atoms with van der Waals surface area (Å²) in [6, 6.07) is 5.01. The third-order valence-electron chi connectivity index (χ3n) is 5.27. The normalized spacial score (nSPS) is 22.3. The van der Waals surface area contributed by atoms with E-state index in [4.69, 9.17) is 5.73 Å². The Labute approximate surface area is 150 Å². The Balaban J connectivity index is 1.86. The summed E-state index contributed by atoms with van der Waals surface area (Å²) < 4.78 is 27.5. The van der Waals surface area contributed by atoms with Gasteiger partial charge in [-0.15, -0.1) is 0 Å². The number of piperidine rings is 1. The van der Waals surface area contributed by atoms with Crippen LogP contribution in [0.5, 0.6) is 0 Å². The third kappa shape index (κ3) is 3.73. The van der Waals surface area contributed by atoms with Crippen molar-refractivity contribution in [2.24, 2.45) is 11.7 Å². The number of carbonyl (C=O) groups is 1. The van der Waals surface area contributed by atoms with Crippen LogP contribution in [0.2, 0.25) is 0 Å². The molecule has 2 N–H and O–H groups in total. The Kier molecular flexibility index (Phi) is 5.46. The van der Waals surface area contributed by atoms with Crippen LogP contribution in [0.1, 0.15) is 41.6 Å². The first-order valence-corrected chi connectivity index (χ1v) is 10.5. The zero-order chi connectivity index (χ0) is 18.0. The van der Waals surface area contributed by atoms with E-state index in [0.29, 0.717) is 49.8 Å². The largest absolute Gasteiger partial charge is 0.338 e. The molecule has 0 aromatic heterocycles. The molecule has 2 fully saturated rings. The molecule has 6 nitrogen and oxygen atoms in total. The number of hydrogen-bond acceptors (Lipinski definition) is 4. The van der Waals surface area contributed by atoms with Crippen molar-refractivity contribution in [3.8, 4) is 0 Å². The van der Waals surface area contributed by atoms with Crippen molar-refractivity contribution in [2.75, 3.05) is 32.7 Å². The van der Waals surface area contributed by atoms with Crippen LogP contribution >= 0.6 is 0 Å². The summed E-state index contributed by atoms with van der Waals surface area (Å²) >= 11 is 0. The second kappa shape index (κ2) is 7.43. The first-order chi connectivity index (χ1) is 11.9. The molecule has 1 aromatic rings. The molecule has 0 radical (unpaired) electrons. The molecule has 0 saturated carbocycles. The standard InChI is InChI=1S/C18H27N3O3S/c1-14-5-6-16(18(22)20-10-7-15(12-19)13-20)11-17(14)25(23,24)21-8-3-2-4-9-21/h5-6,11,15H,2-4,7-10,12-13,19H2,1H3. The van der Waals surface area contributed by atoms with Gasteiger partial charge in [0.15, 0.2) is 0 Å². The topological polar surface area (TPSA) is 83.7 Å². The minimum absolute atomic E-state index is 0.106. The number of nitrogens with zero attached hydrogens (tertiary/aromatic N) is 2. The lowest BCUT2D eigenvalue weighted by atomic mass is 10.1. The molecule has 7 heteroatoms. The average molecular weight is 365 g/mol. The summed E-state index contributed by atoms with van der Waals surface area (Å²) in [4.78, 5) is 14.8. The minimum Gasteiger partial charge on any atom is -0.338 e. The van der Waals surface area contributed by atoms with Gasteiger partial charge in [-0.2, -0.15) is 4.31 Å². The molecule has 1 atom stereocenters. The molecular weight excluding hydrogens is 338 g/mol.